The minimum atomic E-state index is -1.27. The van der Waals surface area contributed by atoms with Gasteiger partial charge in [-0.3, -0.25) is 4.79 Å². The van der Waals surface area contributed by atoms with Gasteiger partial charge >= 0.3 is 18.9 Å². The molecule has 0 bridgehead atoms. The van der Waals surface area contributed by atoms with Gasteiger partial charge in [-0.2, -0.15) is 11.8 Å². The van der Waals surface area contributed by atoms with E-state index < -0.39 is 17.9 Å². The molecule has 0 fully saturated rings. The number of thioether (sulfide) groups is 1. The summed E-state index contributed by atoms with van der Waals surface area (Å²) in [5, 5.41) is 14.3. The average Bonchev–Trinajstić information content (AvgIpc) is 2.95. The normalized spacial score (nSPS) is 11.6. The SMILES string of the molecule is CSCC[C@H](NC(=O)c1ccc(C=Cc2ccccc2Cc2ccccc2)cc1-c1ccccc1C)C(=O)[O-].[Li+]. The number of carboxylic acid groups (broad SMARTS) is 1. The van der Waals surface area contributed by atoms with E-state index in [-0.39, 0.29) is 18.9 Å². The molecule has 4 rings (SSSR count). The predicted octanol–water partition coefficient (Wildman–Crippen LogP) is 3.03. The van der Waals surface area contributed by atoms with Crippen molar-refractivity contribution in [1.82, 2.24) is 5.32 Å². The van der Waals surface area contributed by atoms with Crippen LogP contribution in [0.25, 0.3) is 23.3 Å². The van der Waals surface area contributed by atoms with E-state index in [1.54, 1.807) is 6.07 Å². The van der Waals surface area contributed by atoms with Gasteiger partial charge in [0.1, 0.15) is 0 Å². The maximum Gasteiger partial charge on any atom is 1.00 e. The smallest absolute Gasteiger partial charge is 0.548 e. The van der Waals surface area contributed by atoms with Gasteiger partial charge in [-0.25, -0.2) is 0 Å². The Kier molecular flexibility index (Phi) is 11.9. The molecule has 0 aliphatic carbocycles. The third kappa shape index (κ3) is 8.26. The summed E-state index contributed by atoms with van der Waals surface area (Å²) in [6.45, 7) is 2.00. The molecule has 0 spiro atoms. The number of hydrogen-bond acceptors (Lipinski definition) is 4. The summed E-state index contributed by atoms with van der Waals surface area (Å²) in [5.74, 6) is -1.09. The molecule has 4 aromatic rings. The van der Waals surface area contributed by atoms with Crippen LogP contribution in [0.2, 0.25) is 0 Å². The third-order valence-corrected chi connectivity index (χ3v) is 7.32. The molecule has 0 saturated carbocycles. The Morgan fingerprint density at radius 1 is 0.875 bits per heavy atom. The van der Waals surface area contributed by atoms with Gasteiger partial charge in [-0.05, 0) is 82.9 Å². The third-order valence-electron chi connectivity index (χ3n) is 6.67. The van der Waals surface area contributed by atoms with Crippen molar-refractivity contribution in [2.45, 2.75) is 25.8 Å². The fourth-order valence-corrected chi connectivity index (χ4v) is 5.01. The summed E-state index contributed by atoms with van der Waals surface area (Å²) in [6.07, 6.45) is 7.19. The van der Waals surface area contributed by atoms with Crippen molar-refractivity contribution in [3.63, 3.8) is 0 Å². The van der Waals surface area contributed by atoms with Crippen LogP contribution in [0.3, 0.4) is 0 Å². The zero-order chi connectivity index (χ0) is 27.6. The number of amides is 1. The molecule has 198 valence electrons. The Balaban J connectivity index is 0.00000441. The predicted molar refractivity (Wildman–Crippen MR) is 160 cm³/mol. The zero-order valence-electron chi connectivity index (χ0n) is 23.2. The average molecular weight is 542 g/mol. The van der Waals surface area contributed by atoms with Crippen LogP contribution in [-0.2, 0) is 11.2 Å². The topological polar surface area (TPSA) is 69.2 Å². The van der Waals surface area contributed by atoms with Gasteiger partial charge in [0.15, 0.2) is 0 Å². The van der Waals surface area contributed by atoms with Crippen molar-refractivity contribution < 1.29 is 33.6 Å². The quantitative estimate of drug-likeness (QED) is 0.234. The molecule has 1 amide bonds. The number of aryl methyl sites for hydroxylation is 1. The number of rotatable bonds is 11. The maximum absolute atomic E-state index is 13.3. The van der Waals surface area contributed by atoms with Crippen molar-refractivity contribution >= 4 is 35.8 Å². The second-order valence-corrected chi connectivity index (χ2v) is 10.4. The molecule has 1 atom stereocenters. The molecule has 1 N–H and O–H groups in total. The number of nitrogens with one attached hydrogen (secondary N) is 1. The maximum atomic E-state index is 13.3. The summed E-state index contributed by atoms with van der Waals surface area (Å²) < 4.78 is 0. The van der Waals surface area contributed by atoms with E-state index in [1.165, 1.54) is 22.9 Å². The largest absolute Gasteiger partial charge is 1.00 e. The van der Waals surface area contributed by atoms with Crippen LogP contribution >= 0.6 is 11.8 Å². The van der Waals surface area contributed by atoms with Gasteiger partial charge in [0.25, 0.3) is 5.91 Å². The first-order chi connectivity index (χ1) is 19.0. The van der Waals surface area contributed by atoms with E-state index in [0.29, 0.717) is 17.7 Å². The van der Waals surface area contributed by atoms with Crippen LogP contribution in [0, 0.1) is 6.92 Å². The van der Waals surface area contributed by atoms with Crippen LogP contribution in [0.1, 0.15) is 44.6 Å². The van der Waals surface area contributed by atoms with Crippen LogP contribution in [0.4, 0.5) is 0 Å². The molecule has 0 saturated heterocycles. The van der Waals surface area contributed by atoms with Crippen molar-refractivity contribution in [3.05, 3.63) is 130 Å². The van der Waals surface area contributed by atoms with Gasteiger partial charge in [0.2, 0.25) is 0 Å². The van der Waals surface area contributed by atoms with E-state index in [1.807, 2.05) is 61.7 Å². The Morgan fingerprint density at radius 2 is 1.57 bits per heavy atom. The molecule has 6 heteroatoms. The van der Waals surface area contributed by atoms with Gasteiger partial charge < -0.3 is 15.2 Å². The Labute approximate surface area is 253 Å². The molecule has 40 heavy (non-hydrogen) atoms. The second-order valence-electron chi connectivity index (χ2n) is 9.44. The van der Waals surface area contributed by atoms with Crippen molar-refractivity contribution in [2.75, 3.05) is 12.0 Å². The summed E-state index contributed by atoms with van der Waals surface area (Å²) >= 11 is 1.53. The van der Waals surface area contributed by atoms with E-state index in [2.05, 4.69) is 59.9 Å². The fourth-order valence-electron chi connectivity index (χ4n) is 4.54. The van der Waals surface area contributed by atoms with E-state index in [0.717, 1.165) is 34.2 Å². The summed E-state index contributed by atoms with van der Waals surface area (Å²) in [7, 11) is 0. The number of carbonyl (C=O) groups excluding carboxylic acids is 2. The molecular weight excluding hydrogens is 509 g/mol. The number of benzene rings is 4. The van der Waals surface area contributed by atoms with Crippen LogP contribution < -0.4 is 29.3 Å². The molecule has 0 unspecified atom stereocenters. The van der Waals surface area contributed by atoms with E-state index in [9.17, 15) is 14.7 Å². The second kappa shape index (κ2) is 15.3. The molecule has 4 aromatic carbocycles. The number of carboxylic acids is 1. The van der Waals surface area contributed by atoms with Gasteiger partial charge in [-0.1, -0.05) is 97.1 Å². The number of aliphatic carboxylic acids is 1. The van der Waals surface area contributed by atoms with Crippen molar-refractivity contribution in [2.24, 2.45) is 0 Å². The summed E-state index contributed by atoms with van der Waals surface area (Å²) in [5.41, 5.74) is 7.70. The summed E-state index contributed by atoms with van der Waals surface area (Å²) in [6, 6.07) is 31.2. The standard InChI is InChI=1S/C34H33NO3S.Li/c1-24-10-6-9-15-29(24)31-23-26(17-19-30(31)33(36)35-32(34(37)38)20-21-39-2)16-18-27-13-7-8-14-28(27)22-25-11-4-3-5-12-25;/h3-19,23,32H,20-22H2,1-2H3,(H,35,36)(H,37,38);/q;+1/p-1/t32-;/m0./s1. The minimum absolute atomic E-state index is 0. The van der Waals surface area contributed by atoms with Crippen molar-refractivity contribution in [1.29, 1.82) is 0 Å². The van der Waals surface area contributed by atoms with Gasteiger partial charge in [0.05, 0.1) is 12.0 Å². The number of carbonyl (C=O) groups is 2. The Morgan fingerprint density at radius 3 is 2.30 bits per heavy atom. The monoisotopic (exact) mass is 541 g/mol. The van der Waals surface area contributed by atoms with Crippen molar-refractivity contribution in [3.8, 4) is 11.1 Å². The van der Waals surface area contributed by atoms with Crippen LogP contribution in [-0.4, -0.2) is 29.9 Å². The number of hydrogen-bond donors (Lipinski definition) is 1. The first-order valence-corrected chi connectivity index (χ1v) is 14.4. The molecule has 4 nitrogen and oxygen atoms in total. The van der Waals surface area contributed by atoms with Crippen LogP contribution in [0.15, 0.2) is 97.1 Å². The fraction of sp³-hybridized carbons (Fsp3) is 0.176. The van der Waals surface area contributed by atoms with E-state index in [4.69, 9.17) is 0 Å². The molecule has 0 aliphatic heterocycles. The first kappa shape index (κ1) is 31.0. The van der Waals surface area contributed by atoms with E-state index >= 15 is 0 Å². The first-order valence-electron chi connectivity index (χ1n) is 13.0. The minimum Gasteiger partial charge on any atom is -0.548 e. The Hall–Kier alpha value is -3.49. The molecule has 0 heterocycles. The molecule has 0 radical (unpaired) electrons. The molecule has 0 aromatic heterocycles. The zero-order valence-corrected chi connectivity index (χ0v) is 24.0. The van der Waals surface area contributed by atoms with Gasteiger partial charge in [0, 0.05) is 5.56 Å². The molecule has 0 aliphatic rings. The molecular formula is C34H32LiNO3S. The summed E-state index contributed by atoms with van der Waals surface area (Å²) in [4.78, 5) is 25.0. The van der Waals surface area contributed by atoms with Gasteiger partial charge in [-0.15, -0.1) is 0 Å². The van der Waals surface area contributed by atoms with Crippen LogP contribution in [0.5, 0.6) is 0 Å². The Bertz CT molecular complexity index is 1470.